The van der Waals surface area contributed by atoms with E-state index in [1.165, 1.54) is 0 Å². The number of azo groups is 1. The van der Waals surface area contributed by atoms with Gasteiger partial charge in [-0.3, -0.25) is 0 Å². The van der Waals surface area contributed by atoms with Crippen molar-refractivity contribution in [2.45, 2.75) is 96.2 Å². The Balaban J connectivity index is 0.976. The van der Waals surface area contributed by atoms with Gasteiger partial charge < -0.3 is 38.1 Å². The Kier molecular flexibility index (Phi) is 10.8. The highest BCUT2D eigenvalue weighted by Crippen LogP contribution is 2.42. The van der Waals surface area contributed by atoms with Gasteiger partial charge in [-0.15, -0.1) is 0 Å². The molecule has 3 saturated heterocycles. The van der Waals surface area contributed by atoms with E-state index in [0.717, 1.165) is 56.0 Å². The molecule has 2 aromatic rings. The topological polar surface area (TPSA) is 92.6 Å². The first-order chi connectivity index (χ1) is 20.7. The lowest BCUT2D eigenvalue weighted by atomic mass is 10.1. The Hall–Kier alpha value is -2.44. The molecule has 10 heteroatoms. The predicted octanol–water partition coefficient (Wildman–Crippen LogP) is 6.53. The number of ether oxygens (including phenoxy) is 7. The summed E-state index contributed by atoms with van der Waals surface area (Å²) < 4.78 is 42.5. The van der Waals surface area contributed by atoms with E-state index in [-0.39, 0.29) is 24.4 Å². The summed E-state index contributed by atoms with van der Waals surface area (Å²) >= 11 is 0. The molecular weight excluding hydrogens is 550 g/mol. The van der Waals surface area contributed by atoms with E-state index in [0.29, 0.717) is 19.8 Å². The highest BCUT2D eigenvalue weighted by molar-refractivity contribution is 5.52. The monoisotopic (exact) mass is 597 g/mol. The maximum atomic E-state index is 6.35. The molecule has 0 N–H and O–H groups in total. The van der Waals surface area contributed by atoms with Gasteiger partial charge in [0.25, 0.3) is 0 Å². The number of hydrogen-bond donors (Lipinski definition) is 0. The zero-order valence-corrected chi connectivity index (χ0v) is 26.1. The van der Waals surface area contributed by atoms with Crippen LogP contribution in [0.3, 0.4) is 0 Å². The van der Waals surface area contributed by atoms with E-state index in [9.17, 15) is 0 Å². The summed E-state index contributed by atoms with van der Waals surface area (Å²) in [7, 11) is 0. The molecule has 0 bridgehead atoms. The molecule has 5 rings (SSSR count). The van der Waals surface area contributed by atoms with Crippen LogP contribution in [-0.2, 0) is 33.2 Å². The van der Waals surface area contributed by atoms with Crippen LogP contribution in [0.2, 0.25) is 0 Å². The zero-order chi connectivity index (χ0) is 30.3. The summed E-state index contributed by atoms with van der Waals surface area (Å²) in [6.45, 7) is 14.0. The van der Waals surface area contributed by atoms with Crippen molar-refractivity contribution < 1.29 is 33.2 Å². The minimum atomic E-state index is -0.698. The Morgan fingerprint density at radius 1 is 0.791 bits per heavy atom. The molecule has 0 radical (unpaired) electrons. The molecule has 0 unspecified atom stereocenters. The number of rotatable bonds is 15. The summed E-state index contributed by atoms with van der Waals surface area (Å²) in [5, 5.41) is 8.62. The van der Waals surface area contributed by atoms with Crippen LogP contribution in [0.1, 0.15) is 53.9 Å². The maximum absolute atomic E-state index is 6.35. The molecule has 0 saturated carbocycles. The molecule has 0 aliphatic carbocycles. The van der Waals surface area contributed by atoms with Gasteiger partial charge in [0.15, 0.2) is 17.9 Å². The molecule has 10 nitrogen and oxygen atoms in total. The van der Waals surface area contributed by atoms with Crippen LogP contribution in [0.5, 0.6) is 0 Å². The zero-order valence-electron chi connectivity index (χ0n) is 26.1. The average molecular weight is 598 g/mol. The van der Waals surface area contributed by atoms with Crippen LogP contribution in [-0.4, -0.2) is 81.8 Å². The highest BCUT2D eigenvalue weighted by atomic mass is 16.8. The smallest absolute Gasteiger partial charge is 0.190 e. The van der Waals surface area contributed by atoms with E-state index < -0.39 is 17.9 Å². The van der Waals surface area contributed by atoms with Crippen molar-refractivity contribution in [3.63, 3.8) is 0 Å². The van der Waals surface area contributed by atoms with Crippen molar-refractivity contribution in [3.05, 3.63) is 54.6 Å². The Bertz CT molecular complexity index is 1160. The normalized spacial score (nSPS) is 27.6. The van der Waals surface area contributed by atoms with E-state index >= 15 is 0 Å². The molecule has 3 heterocycles. The first-order valence-corrected chi connectivity index (χ1v) is 15.6. The van der Waals surface area contributed by atoms with Gasteiger partial charge in [0.05, 0.1) is 24.6 Å². The summed E-state index contributed by atoms with van der Waals surface area (Å²) in [6, 6.07) is 17.9. The van der Waals surface area contributed by atoms with Gasteiger partial charge in [-0.05, 0) is 90.3 Å². The second-order valence-corrected chi connectivity index (χ2v) is 12.1. The molecule has 43 heavy (non-hydrogen) atoms. The minimum absolute atomic E-state index is 0.222. The third kappa shape index (κ3) is 8.82. The number of likely N-dealkylation sites (N-methyl/N-ethyl adjacent to an activating group) is 1. The van der Waals surface area contributed by atoms with Crippen molar-refractivity contribution in [3.8, 4) is 0 Å². The Morgan fingerprint density at radius 2 is 1.51 bits per heavy atom. The van der Waals surface area contributed by atoms with Crippen LogP contribution < -0.4 is 4.90 Å². The van der Waals surface area contributed by atoms with Gasteiger partial charge in [0.2, 0.25) is 0 Å². The van der Waals surface area contributed by atoms with Crippen molar-refractivity contribution in [2.24, 2.45) is 10.2 Å². The summed E-state index contributed by atoms with van der Waals surface area (Å²) in [5.41, 5.74) is 2.82. The Morgan fingerprint density at radius 3 is 2.21 bits per heavy atom. The summed E-state index contributed by atoms with van der Waals surface area (Å²) in [4.78, 5) is 2.30. The minimum Gasteiger partial charge on any atom is -0.380 e. The fraction of sp³-hybridized carbons (Fsp3) is 0.636. The number of fused-ring (bicyclic) bond motifs is 1. The van der Waals surface area contributed by atoms with Gasteiger partial charge in [-0.25, -0.2) is 0 Å². The number of hydrogen-bond acceptors (Lipinski definition) is 10. The number of unbranched alkanes of at least 4 members (excludes halogenated alkanes) is 2. The molecule has 3 aliphatic heterocycles. The fourth-order valence-corrected chi connectivity index (χ4v) is 5.66. The van der Waals surface area contributed by atoms with Gasteiger partial charge in [0, 0.05) is 32.0 Å². The lowest BCUT2D eigenvalue weighted by Gasteiger charge is -2.29. The largest absolute Gasteiger partial charge is 0.380 e. The van der Waals surface area contributed by atoms with Gasteiger partial charge in [0.1, 0.15) is 24.4 Å². The highest BCUT2D eigenvalue weighted by Gasteiger charge is 2.58. The molecule has 3 fully saturated rings. The maximum Gasteiger partial charge on any atom is 0.190 e. The van der Waals surface area contributed by atoms with E-state index in [4.69, 9.17) is 33.2 Å². The van der Waals surface area contributed by atoms with Crippen molar-refractivity contribution in [2.75, 3.05) is 44.4 Å². The quantitative estimate of drug-likeness (QED) is 0.169. The number of nitrogens with zero attached hydrogens (tertiary/aromatic N) is 3. The molecule has 0 spiro atoms. The summed E-state index contributed by atoms with van der Waals surface area (Å²) in [6.07, 6.45) is 1.38. The molecule has 5 atom stereocenters. The van der Waals surface area contributed by atoms with Gasteiger partial charge in [-0.2, -0.15) is 10.2 Å². The second kappa shape index (κ2) is 14.6. The molecule has 0 amide bonds. The lowest BCUT2D eigenvalue weighted by molar-refractivity contribution is -0.236. The van der Waals surface area contributed by atoms with Crippen molar-refractivity contribution in [1.29, 1.82) is 0 Å². The van der Waals surface area contributed by atoms with Crippen LogP contribution in [0.4, 0.5) is 17.1 Å². The van der Waals surface area contributed by atoms with Crippen LogP contribution in [0.15, 0.2) is 64.8 Å². The molecule has 2 aromatic carbocycles. The second-order valence-electron chi connectivity index (χ2n) is 12.1. The third-order valence-corrected chi connectivity index (χ3v) is 7.81. The molecule has 0 aromatic heterocycles. The van der Waals surface area contributed by atoms with E-state index in [1.807, 2.05) is 70.2 Å². The van der Waals surface area contributed by atoms with Crippen LogP contribution >= 0.6 is 0 Å². The number of benzene rings is 2. The SMILES string of the molecule is CCN(CCOCCCCCO[C@@H]1[C@H]2OC(C)(C)O[C@H]2O[C@@H]1[C@H]1COC(C)(C)O1)c1ccc(N=Nc2ccccc2)cc1. The molecule has 236 valence electrons. The van der Waals surface area contributed by atoms with Gasteiger partial charge in [-0.1, -0.05) is 18.2 Å². The predicted molar refractivity (Wildman–Crippen MR) is 163 cm³/mol. The van der Waals surface area contributed by atoms with E-state index in [1.54, 1.807) is 0 Å². The summed E-state index contributed by atoms with van der Waals surface area (Å²) in [5.74, 6) is -1.33. The third-order valence-electron chi connectivity index (χ3n) is 7.81. The molecule has 3 aliphatic rings. The standard InChI is InChI=1S/C33H47N3O7/c1-6-36(26-17-15-25(16-18-26)35-34-24-13-9-7-10-14-24)19-22-37-20-11-8-12-21-38-29-28(27-23-39-32(2,3)41-27)40-31-30(29)42-33(4,5)43-31/h7,9-10,13-18,27-31H,6,8,11-12,19-23H2,1-5H3/t27-,28-,29+,30-,31-/m1/s1. The Labute approximate surface area is 255 Å². The van der Waals surface area contributed by atoms with Crippen molar-refractivity contribution in [1.82, 2.24) is 0 Å². The van der Waals surface area contributed by atoms with Crippen molar-refractivity contribution >= 4 is 17.1 Å². The fourth-order valence-electron chi connectivity index (χ4n) is 5.66. The van der Waals surface area contributed by atoms with Crippen LogP contribution in [0.25, 0.3) is 0 Å². The van der Waals surface area contributed by atoms with Gasteiger partial charge >= 0.3 is 0 Å². The van der Waals surface area contributed by atoms with Crippen LogP contribution in [0, 0.1) is 0 Å². The number of anilines is 1. The van der Waals surface area contributed by atoms with E-state index in [2.05, 4.69) is 34.2 Å². The molecular formula is C33H47N3O7. The average Bonchev–Trinajstić information content (AvgIpc) is 3.62. The lowest BCUT2D eigenvalue weighted by Crippen LogP contribution is -2.44. The first kappa shape index (κ1) is 32.0. The first-order valence-electron chi connectivity index (χ1n) is 15.6.